The summed E-state index contributed by atoms with van der Waals surface area (Å²) in [5.74, 6) is 0.745. The van der Waals surface area contributed by atoms with Gasteiger partial charge in [0, 0.05) is 34.7 Å². The van der Waals surface area contributed by atoms with E-state index < -0.39 is 0 Å². The maximum atomic E-state index is 12.9. The predicted octanol–water partition coefficient (Wildman–Crippen LogP) is 6.14. The van der Waals surface area contributed by atoms with Crippen LogP contribution in [0, 0.1) is 11.3 Å². The molecule has 1 unspecified atom stereocenters. The molecule has 1 aromatic carbocycles. The van der Waals surface area contributed by atoms with Crippen molar-refractivity contribution in [3.05, 3.63) is 45.6 Å². The third kappa shape index (κ3) is 4.12. The standard InChI is InChI=1S/C24H32N2OS/c1-24(2,3)17-7-12-20-21(16-28-22(20)15-17)23(27)25-18-8-10-19(11-9-18)26-13-5-4-6-14-26/h8-11,16-17H,4-7,12-15H2,1-3H3,(H,25,27). The molecule has 4 rings (SSSR count). The molecule has 0 bridgehead atoms. The van der Waals surface area contributed by atoms with Gasteiger partial charge in [-0.05, 0) is 79.7 Å². The van der Waals surface area contributed by atoms with Crippen molar-refractivity contribution >= 4 is 28.6 Å². The minimum atomic E-state index is 0.0393. The molecule has 1 amide bonds. The minimum Gasteiger partial charge on any atom is -0.372 e. The van der Waals surface area contributed by atoms with Gasteiger partial charge in [-0.3, -0.25) is 4.79 Å². The number of nitrogens with one attached hydrogen (secondary N) is 1. The SMILES string of the molecule is CC(C)(C)C1CCc2c(C(=O)Nc3ccc(N4CCCCC4)cc3)csc2C1. The number of rotatable bonds is 3. The topological polar surface area (TPSA) is 32.3 Å². The van der Waals surface area contributed by atoms with Crippen molar-refractivity contribution in [2.75, 3.05) is 23.3 Å². The number of piperidine rings is 1. The van der Waals surface area contributed by atoms with Crippen molar-refractivity contribution in [1.82, 2.24) is 0 Å². The van der Waals surface area contributed by atoms with Gasteiger partial charge >= 0.3 is 0 Å². The number of nitrogens with zero attached hydrogens (tertiary/aromatic N) is 1. The lowest BCUT2D eigenvalue weighted by Crippen LogP contribution is -2.29. The van der Waals surface area contributed by atoms with Crippen LogP contribution >= 0.6 is 11.3 Å². The summed E-state index contributed by atoms with van der Waals surface area (Å²) in [6, 6.07) is 8.35. The maximum absolute atomic E-state index is 12.9. The number of anilines is 2. The van der Waals surface area contributed by atoms with E-state index in [2.05, 4.69) is 48.5 Å². The van der Waals surface area contributed by atoms with Crippen LogP contribution in [0.25, 0.3) is 0 Å². The van der Waals surface area contributed by atoms with Crippen molar-refractivity contribution in [2.24, 2.45) is 11.3 Å². The summed E-state index contributed by atoms with van der Waals surface area (Å²) in [6.07, 6.45) is 7.21. The molecule has 2 heterocycles. The number of hydrogen-bond acceptors (Lipinski definition) is 3. The Morgan fingerprint density at radius 3 is 2.50 bits per heavy atom. The molecule has 0 saturated carbocycles. The predicted molar refractivity (Wildman–Crippen MR) is 120 cm³/mol. The van der Waals surface area contributed by atoms with E-state index in [4.69, 9.17) is 0 Å². The largest absolute Gasteiger partial charge is 0.372 e. The highest BCUT2D eigenvalue weighted by Gasteiger charge is 2.31. The number of benzene rings is 1. The zero-order valence-corrected chi connectivity index (χ0v) is 18.2. The van der Waals surface area contributed by atoms with E-state index in [1.54, 1.807) is 11.3 Å². The number of thiophene rings is 1. The Morgan fingerprint density at radius 1 is 1.11 bits per heavy atom. The van der Waals surface area contributed by atoms with E-state index in [0.29, 0.717) is 11.3 Å². The minimum absolute atomic E-state index is 0.0393. The molecule has 4 heteroatoms. The van der Waals surface area contributed by atoms with Gasteiger partial charge < -0.3 is 10.2 Å². The van der Waals surface area contributed by atoms with Gasteiger partial charge in [0.05, 0.1) is 5.56 Å². The monoisotopic (exact) mass is 396 g/mol. The Balaban J connectivity index is 1.43. The second-order valence-electron chi connectivity index (χ2n) is 9.41. The molecule has 1 aliphatic carbocycles. The lowest BCUT2D eigenvalue weighted by molar-refractivity contribution is 0.102. The Bertz CT molecular complexity index is 825. The molecule has 0 spiro atoms. The zero-order chi connectivity index (χ0) is 19.7. The Kier molecular flexibility index (Phi) is 5.50. The third-order valence-electron chi connectivity index (χ3n) is 6.47. The molecule has 150 valence electrons. The van der Waals surface area contributed by atoms with Gasteiger partial charge in [-0.15, -0.1) is 11.3 Å². The first kappa shape index (κ1) is 19.5. The van der Waals surface area contributed by atoms with Crippen molar-refractivity contribution in [2.45, 2.75) is 59.3 Å². The summed E-state index contributed by atoms with van der Waals surface area (Å²) in [6.45, 7) is 9.27. The van der Waals surface area contributed by atoms with Gasteiger partial charge in [-0.2, -0.15) is 0 Å². The van der Waals surface area contributed by atoms with Gasteiger partial charge in [0.25, 0.3) is 5.91 Å². The van der Waals surface area contributed by atoms with Gasteiger partial charge in [-0.25, -0.2) is 0 Å². The molecular formula is C24H32N2OS. The average molecular weight is 397 g/mol. The molecule has 1 saturated heterocycles. The van der Waals surface area contributed by atoms with Crippen molar-refractivity contribution in [3.8, 4) is 0 Å². The second-order valence-corrected chi connectivity index (χ2v) is 10.4. The second kappa shape index (κ2) is 7.90. The molecule has 0 radical (unpaired) electrons. The molecule has 3 nitrogen and oxygen atoms in total. The molecule has 2 aliphatic rings. The lowest BCUT2D eigenvalue weighted by Gasteiger charge is -2.34. The Hall–Kier alpha value is -1.81. The summed E-state index contributed by atoms with van der Waals surface area (Å²) in [7, 11) is 0. The van der Waals surface area contributed by atoms with Crippen LogP contribution in [0.1, 0.15) is 67.3 Å². The first-order chi connectivity index (χ1) is 13.4. The van der Waals surface area contributed by atoms with Gasteiger partial charge in [-0.1, -0.05) is 20.8 Å². The molecule has 28 heavy (non-hydrogen) atoms. The van der Waals surface area contributed by atoms with Crippen molar-refractivity contribution < 1.29 is 4.79 Å². The van der Waals surface area contributed by atoms with Crippen LogP contribution in [0.3, 0.4) is 0 Å². The summed E-state index contributed by atoms with van der Waals surface area (Å²) in [5, 5.41) is 5.18. The lowest BCUT2D eigenvalue weighted by atomic mass is 9.72. The van der Waals surface area contributed by atoms with Crippen LogP contribution in [0.2, 0.25) is 0 Å². The number of carbonyl (C=O) groups excluding carboxylic acids is 1. The van der Waals surface area contributed by atoms with Crippen LogP contribution in [-0.4, -0.2) is 19.0 Å². The summed E-state index contributed by atoms with van der Waals surface area (Å²) < 4.78 is 0. The van der Waals surface area contributed by atoms with Gasteiger partial charge in [0.15, 0.2) is 0 Å². The van der Waals surface area contributed by atoms with E-state index in [9.17, 15) is 4.79 Å². The van der Waals surface area contributed by atoms with Crippen LogP contribution in [0.5, 0.6) is 0 Å². The zero-order valence-electron chi connectivity index (χ0n) is 17.4. The van der Waals surface area contributed by atoms with E-state index in [-0.39, 0.29) is 5.91 Å². The van der Waals surface area contributed by atoms with E-state index in [1.807, 2.05) is 12.1 Å². The molecule has 1 aromatic heterocycles. The van der Waals surface area contributed by atoms with E-state index in [0.717, 1.165) is 37.2 Å². The first-order valence-corrected chi connectivity index (χ1v) is 11.6. The third-order valence-corrected chi connectivity index (χ3v) is 7.52. The van der Waals surface area contributed by atoms with E-state index >= 15 is 0 Å². The molecule has 2 aromatic rings. The summed E-state index contributed by atoms with van der Waals surface area (Å²) in [5.41, 5.74) is 4.65. The first-order valence-electron chi connectivity index (χ1n) is 10.7. The number of carbonyl (C=O) groups is 1. The number of hydrogen-bond donors (Lipinski definition) is 1. The van der Waals surface area contributed by atoms with Crippen LogP contribution < -0.4 is 10.2 Å². The molecule has 1 N–H and O–H groups in total. The highest BCUT2D eigenvalue weighted by molar-refractivity contribution is 7.10. The number of fused-ring (bicyclic) bond motifs is 1. The maximum Gasteiger partial charge on any atom is 0.256 e. The Labute approximate surface area is 173 Å². The average Bonchev–Trinajstić information content (AvgIpc) is 3.12. The van der Waals surface area contributed by atoms with Crippen LogP contribution in [0.4, 0.5) is 11.4 Å². The van der Waals surface area contributed by atoms with E-state index in [1.165, 1.54) is 41.8 Å². The van der Waals surface area contributed by atoms with Gasteiger partial charge in [0.2, 0.25) is 0 Å². The Morgan fingerprint density at radius 2 is 1.82 bits per heavy atom. The smallest absolute Gasteiger partial charge is 0.256 e. The van der Waals surface area contributed by atoms with Crippen LogP contribution in [-0.2, 0) is 12.8 Å². The van der Waals surface area contributed by atoms with Crippen LogP contribution in [0.15, 0.2) is 29.6 Å². The fraction of sp³-hybridized carbons (Fsp3) is 0.542. The number of amides is 1. The molecule has 1 fully saturated rings. The van der Waals surface area contributed by atoms with Crippen molar-refractivity contribution in [3.63, 3.8) is 0 Å². The van der Waals surface area contributed by atoms with Gasteiger partial charge in [0.1, 0.15) is 0 Å². The summed E-state index contributed by atoms with van der Waals surface area (Å²) >= 11 is 1.76. The van der Waals surface area contributed by atoms with Crippen molar-refractivity contribution in [1.29, 1.82) is 0 Å². The quantitative estimate of drug-likeness (QED) is 0.675. The molecule has 1 atom stereocenters. The fourth-order valence-corrected chi connectivity index (χ4v) is 5.71. The highest BCUT2D eigenvalue weighted by Crippen LogP contribution is 2.40. The fourth-order valence-electron chi connectivity index (χ4n) is 4.55. The molecule has 1 aliphatic heterocycles. The highest BCUT2D eigenvalue weighted by atomic mass is 32.1. The normalized spacial score (nSPS) is 20.0. The summed E-state index contributed by atoms with van der Waals surface area (Å²) in [4.78, 5) is 16.8. The molecular weight excluding hydrogens is 364 g/mol.